The van der Waals surface area contributed by atoms with Gasteiger partial charge in [0.25, 0.3) is 5.91 Å². The van der Waals surface area contributed by atoms with E-state index in [2.05, 4.69) is 20.5 Å². The van der Waals surface area contributed by atoms with Crippen molar-refractivity contribution in [2.75, 3.05) is 11.9 Å². The predicted octanol–water partition coefficient (Wildman–Crippen LogP) is 1.86. The molecule has 0 saturated carbocycles. The van der Waals surface area contributed by atoms with Gasteiger partial charge in [-0.1, -0.05) is 23.3 Å². The van der Waals surface area contributed by atoms with Crippen LogP contribution in [0.5, 0.6) is 0 Å². The van der Waals surface area contributed by atoms with Crippen LogP contribution in [0, 0.1) is 0 Å². The number of carbonyl (C=O) groups excluding carboxylic acids is 2. The number of anilines is 1. The van der Waals surface area contributed by atoms with Gasteiger partial charge in [0.15, 0.2) is 6.61 Å². The van der Waals surface area contributed by atoms with Gasteiger partial charge in [-0.15, -0.1) is 5.10 Å². The van der Waals surface area contributed by atoms with Crippen molar-refractivity contribution < 1.29 is 18.7 Å². The highest BCUT2D eigenvalue weighted by Gasteiger charge is 2.14. The number of hydrogen-bond donors (Lipinski definition) is 2. The van der Waals surface area contributed by atoms with Crippen LogP contribution in [0.1, 0.15) is 10.5 Å². The Morgan fingerprint density at radius 2 is 1.96 bits per heavy atom. The topological polar surface area (TPSA) is 110 Å². The summed E-state index contributed by atoms with van der Waals surface area (Å²) in [5, 5.41) is 9.91. The Kier molecular flexibility index (Phi) is 4.14. The van der Waals surface area contributed by atoms with E-state index in [-0.39, 0.29) is 17.6 Å². The average Bonchev–Trinajstić information content (AvgIpc) is 3.25. The molecule has 0 saturated heterocycles. The first-order valence-electron chi connectivity index (χ1n) is 6.71. The predicted molar refractivity (Wildman–Crippen MR) is 79.4 cm³/mol. The molecule has 0 spiro atoms. The van der Waals surface area contributed by atoms with Crippen molar-refractivity contribution in [1.29, 1.82) is 0 Å². The van der Waals surface area contributed by atoms with Crippen LogP contribution in [0.2, 0.25) is 0 Å². The molecular formula is C15H12N4O4. The van der Waals surface area contributed by atoms with Crippen LogP contribution in [0.4, 0.5) is 6.01 Å². The van der Waals surface area contributed by atoms with Crippen molar-refractivity contribution in [3.05, 3.63) is 54.4 Å². The number of carbonyl (C=O) groups is 2. The summed E-state index contributed by atoms with van der Waals surface area (Å²) in [7, 11) is 0. The number of H-pyrrole nitrogens is 1. The van der Waals surface area contributed by atoms with E-state index < -0.39 is 18.5 Å². The van der Waals surface area contributed by atoms with Gasteiger partial charge in [-0.25, -0.2) is 4.79 Å². The number of ether oxygens (including phenoxy) is 1. The van der Waals surface area contributed by atoms with Crippen LogP contribution < -0.4 is 5.32 Å². The van der Waals surface area contributed by atoms with Crippen molar-refractivity contribution >= 4 is 17.9 Å². The lowest BCUT2D eigenvalue weighted by Crippen LogP contribution is -2.21. The fraction of sp³-hybridized carbons (Fsp3) is 0.0667. The summed E-state index contributed by atoms with van der Waals surface area (Å²) < 4.78 is 10.2. The molecule has 0 bridgehead atoms. The molecule has 0 aliphatic rings. The molecule has 23 heavy (non-hydrogen) atoms. The monoisotopic (exact) mass is 312 g/mol. The molecule has 2 N–H and O–H groups in total. The van der Waals surface area contributed by atoms with Gasteiger partial charge in [0.1, 0.15) is 5.69 Å². The van der Waals surface area contributed by atoms with Crippen molar-refractivity contribution in [2.45, 2.75) is 0 Å². The summed E-state index contributed by atoms with van der Waals surface area (Å²) in [6.45, 7) is -0.457. The zero-order chi connectivity index (χ0) is 16.1. The molecule has 1 amide bonds. The highest BCUT2D eigenvalue weighted by atomic mass is 16.5. The van der Waals surface area contributed by atoms with Gasteiger partial charge in [-0.2, -0.15) is 0 Å². The van der Waals surface area contributed by atoms with Gasteiger partial charge in [0.05, 0.1) is 0 Å². The largest absolute Gasteiger partial charge is 0.451 e. The molecule has 0 fully saturated rings. The maximum Gasteiger partial charge on any atom is 0.355 e. The van der Waals surface area contributed by atoms with Gasteiger partial charge in [0.2, 0.25) is 5.89 Å². The molecule has 0 radical (unpaired) electrons. The fourth-order valence-corrected chi connectivity index (χ4v) is 1.79. The minimum Gasteiger partial charge on any atom is -0.451 e. The number of aromatic amines is 1. The van der Waals surface area contributed by atoms with E-state index in [1.54, 1.807) is 30.5 Å². The van der Waals surface area contributed by atoms with Crippen LogP contribution >= 0.6 is 0 Å². The number of nitrogens with one attached hydrogen (secondary N) is 2. The van der Waals surface area contributed by atoms with E-state index in [0.29, 0.717) is 0 Å². The summed E-state index contributed by atoms with van der Waals surface area (Å²) in [5.41, 5.74) is 1.00. The zero-order valence-corrected chi connectivity index (χ0v) is 11.9. The number of hydrogen-bond acceptors (Lipinski definition) is 6. The van der Waals surface area contributed by atoms with Gasteiger partial charge in [-0.05, 0) is 24.3 Å². The Balaban J connectivity index is 1.54. The first-order chi connectivity index (χ1) is 11.2. The summed E-state index contributed by atoms with van der Waals surface area (Å²) in [6.07, 6.45) is 1.58. The summed E-state index contributed by atoms with van der Waals surface area (Å²) in [4.78, 5) is 26.0. The van der Waals surface area contributed by atoms with Crippen molar-refractivity contribution in [3.8, 4) is 11.5 Å². The molecular weight excluding hydrogens is 300 g/mol. The quantitative estimate of drug-likeness (QED) is 0.696. The first kappa shape index (κ1) is 14.5. The fourth-order valence-electron chi connectivity index (χ4n) is 1.79. The Bertz CT molecular complexity index is 796. The molecule has 0 atom stereocenters. The van der Waals surface area contributed by atoms with Gasteiger partial charge in [-0.3, -0.25) is 10.1 Å². The molecule has 2 aromatic heterocycles. The molecule has 1 aromatic carbocycles. The maximum absolute atomic E-state index is 11.7. The Labute approximate surface area is 130 Å². The number of amides is 1. The molecule has 0 unspecified atom stereocenters. The number of nitrogens with zero attached hydrogens (tertiary/aromatic N) is 2. The highest BCUT2D eigenvalue weighted by molar-refractivity contribution is 5.93. The van der Waals surface area contributed by atoms with Gasteiger partial charge >= 0.3 is 12.0 Å². The van der Waals surface area contributed by atoms with E-state index in [1.165, 1.54) is 0 Å². The van der Waals surface area contributed by atoms with E-state index in [9.17, 15) is 9.59 Å². The third-order valence-electron chi connectivity index (χ3n) is 2.84. The Hall–Kier alpha value is -3.42. The molecule has 0 aliphatic heterocycles. The van der Waals surface area contributed by atoms with E-state index in [4.69, 9.17) is 9.15 Å². The van der Waals surface area contributed by atoms with Crippen LogP contribution in [-0.4, -0.2) is 33.7 Å². The third kappa shape index (κ3) is 3.62. The van der Waals surface area contributed by atoms with Crippen molar-refractivity contribution in [1.82, 2.24) is 15.2 Å². The number of aromatic nitrogens is 3. The van der Waals surface area contributed by atoms with Gasteiger partial charge < -0.3 is 14.1 Å². The summed E-state index contributed by atoms with van der Waals surface area (Å²) in [6, 6.07) is 12.3. The normalized spacial score (nSPS) is 10.3. The molecule has 0 aliphatic carbocycles. The minimum absolute atomic E-state index is 0.0650. The second-order valence-electron chi connectivity index (χ2n) is 4.49. The molecule has 116 valence electrons. The number of esters is 1. The molecule has 8 heteroatoms. The standard InChI is InChI=1S/C15H12N4O4/c20-12(9-22-14(21)11-7-4-8-16-11)17-15-19-18-13(23-15)10-5-2-1-3-6-10/h1-8,16H,9H2,(H,17,19,20). The lowest BCUT2D eigenvalue weighted by molar-refractivity contribution is -0.119. The number of rotatable bonds is 5. The first-order valence-corrected chi connectivity index (χ1v) is 6.71. The molecule has 2 heterocycles. The zero-order valence-electron chi connectivity index (χ0n) is 11.9. The van der Waals surface area contributed by atoms with Gasteiger partial charge in [0, 0.05) is 11.8 Å². The lowest BCUT2D eigenvalue weighted by atomic mass is 10.2. The summed E-state index contributed by atoms with van der Waals surface area (Å²) in [5.74, 6) is -0.918. The Morgan fingerprint density at radius 1 is 1.13 bits per heavy atom. The molecule has 8 nitrogen and oxygen atoms in total. The van der Waals surface area contributed by atoms with Crippen LogP contribution in [0.25, 0.3) is 11.5 Å². The van der Waals surface area contributed by atoms with Crippen LogP contribution in [0.3, 0.4) is 0 Å². The number of benzene rings is 1. The molecule has 3 aromatic rings. The van der Waals surface area contributed by atoms with E-state index in [1.807, 2.05) is 18.2 Å². The van der Waals surface area contributed by atoms with Crippen molar-refractivity contribution in [3.63, 3.8) is 0 Å². The van der Waals surface area contributed by atoms with Crippen molar-refractivity contribution in [2.24, 2.45) is 0 Å². The minimum atomic E-state index is -0.624. The van der Waals surface area contributed by atoms with E-state index in [0.717, 1.165) is 5.56 Å². The van der Waals surface area contributed by atoms with Crippen LogP contribution in [-0.2, 0) is 9.53 Å². The smallest absolute Gasteiger partial charge is 0.355 e. The maximum atomic E-state index is 11.7. The Morgan fingerprint density at radius 3 is 2.70 bits per heavy atom. The lowest BCUT2D eigenvalue weighted by Gasteiger charge is -2.02. The van der Waals surface area contributed by atoms with E-state index >= 15 is 0 Å². The SMILES string of the molecule is O=C(COC(=O)c1ccc[nH]1)Nc1nnc(-c2ccccc2)o1. The highest BCUT2D eigenvalue weighted by Crippen LogP contribution is 2.18. The second kappa shape index (κ2) is 6.56. The third-order valence-corrected chi connectivity index (χ3v) is 2.84. The summed E-state index contributed by atoms with van der Waals surface area (Å²) >= 11 is 0. The van der Waals surface area contributed by atoms with Crippen LogP contribution in [0.15, 0.2) is 53.1 Å². The second-order valence-corrected chi connectivity index (χ2v) is 4.49. The average molecular weight is 312 g/mol. The molecule has 3 rings (SSSR count).